The number of methoxy groups -OCH3 is 1. The Morgan fingerprint density at radius 1 is 1.14 bits per heavy atom. The van der Waals surface area contributed by atoms with Gasteiger partial charge in [-0.05, 0) is 59.0 Å². The van der Waals surface area contributed by atoms with Crippen molar-refractivity contribution in [3.05, 3.63) is 58.6 Å². The molecule has 2 aromatic rings. The average molecular weight is 365 g/mol. The highest BCUT2D eigenvalue weighted by molar-refractivity contribution is 9.10. The van der Waals surface area contributed by atoms with E-state index in [1.54, 1.807) is 7.11 Å². The van der Waals surface area contributed by atoms with Crippen LogP contribution in [0.2, 0.25) is 0 Å². The van der Waals surface area contributed by atoms with E-state index in [1.807, 2.05) is 17.8 Å². The molecule has 0 bridgehead atoms. The van der Waals surface area contributed by atoms with Crippen LogP contribution in [0.15, 0.2) is 57.9 Å². The Hall–Kier alpha value is -0.930. The lowest BCUT2D eigenvalue weighted by Gasteiger charge is -2.12. The van der Waals surface area contributed by atoms with Gasteiger partial charge in [-0.2, -0.15) is 0 Å². The minimum atomic E-state index is 0.619. The molecule has 0 spiro atoms. The van der Waals surface area contributed by atoms with Crippen molar-refractivity contribution in [3.63, 3.8) is 0 Å². The third-order valence-electron chi connectivity index (χ3n) is 3.38. The highest BCUT2D eigenvalue weighted by atomic mass is 79.9. The topological polar surface area (TPSA) is 9.23 Å². The zero-order valence-electron chi connectivity index (χ0n) is 12.5. The molecule has 1 unspecified atom stereocenters. The minimum Gasteiger partial charge on any atom is -0.496 e. The smallest absolute Gasteiger partial charge is 0.133 e. The van der Waals surface area contributed by atoms with E-state index in [4.69, 9.17) is 4.74 Å². The van der Waals surface area contributed by atoms with Gasteiger partial charge in [0.1, 0.15) is 5.75 Å². The van der Waals surface area contributed by atoms with Crippen molar-refractivity contribution in [3.8, 4) is 5.75 Å². The quantitative estimate of drug-likeness (QED) is 0.560. The van der Waals surface area contributed by atoms with E-state index in [9.17, 15) is 0 Å². The first-order chi connectivity index (χ1) is 10.2. The fourth-order valence-corrected chi connectivity index (χ4v) is 4.02. The lowest BCUT2D eigenvalue weighted by molar-refractivity contribution is 0.412. The molecule has 2 rings (SSSR count). The summed E-state index contributed by atoms with van der Waals surface area (Å²) in [4.78, 5) is 1.29. The molecule has 2 aromatic carbocycles. The minimum absolute atomic E-state index is 0.619. The maximum atomic E-state index is 5.26. The lowest BCUT2D eigenvalue weighted by Crippen LogP contribution is -1.97. The van der Waals surface area contributed by atoms with Crippen LogP contribution in [0.1, 0.15) is 25.3 Å². The molecule has 3 heteroatoms. The van der Waals surface area contributed by atoms with E-state index in [0.717, 1.165) is 16.6 Å². The number of hydrogen-bond donors (Lipinski definition) is 0. The maximum Gasteiger partial charge on any atom is 0.133 e. The van der Waals surface area contributed by atoms with Crippen molar-refractivity contribution in [2.75, 3.05) is 7.11 Å². The maximum absolute atomic E-state index is 5.26. The van der Waals surface area contributed by atoms with E-state index in [1.165, 1.54) is 23.3 Å². The molecule has 0 N–H and O–H groups in total. The van der Waals surface area contributed by atoms with E-state index in [0.29, 0.717) is 5.25 Å². The van der Waals surface area contributed by atoms with Crippen LogP contribution in [0.4, 0.5) is 0 Å². The lowest BCUT2D eigenvalue weighted by atomic mass is 10.1. The Balaban J connectivity index is 1.79. The monoisotopic (exact) mass is 364 g/mol. The molecule has 0 heterocycles. The molecule has 1 nitrogen and oxygen atoms in total. The van der Waals surface area contributed by atoms with Gasteiger partial charge >= 0.3 is 0 Å². The molecule has 0 aliphatic carbocycles. The third kappa shape index (κ3) is 5.40. The zero-order chi connectivity index (χ0) is 15.1. The second kappa shape index (κ2) is 8.50. The van der Waals surface area contributed by atoms with Crippen LogP contribution in [-0.2, 0) is 6.42 Å². The number of ether oxygens (including phenoxy) is 1. The summed E-state index contributed by atoms with van der Waals surface area (Å²) < 4.78 is 6.28. The Labute approximate surface area is 140 Å². The number of aryl methyl sites for hydroxylation is 1. The van der Waals surface area contributed by atoms with Crippen molar-refractivity contribution in [2.24, 2.45) is 0 Å². The summed E-state index contributed by atoms with van der Waals surface area (Å²) in [5, 5.41) is 0.619. The molecule has 0 aliphatic heterocycles. The van der Waals surface area contributed by atoms with E-state index in [2.05, 4.69) is 65.3 Å². The first-order valence-corrected chi connectivity index (χ1v) is 8.90. The predicted molar refractivity (Wildman–Crippen MR) is 95.4 cm³/mol. The summed E-state index contributed by atoms with van der Waals surface area (Å²) in [5.41, 5.74) is 1.43. The van der Waals surface area contributed by atoms with Crippen molar-refractivity contribution >= 4 is 27.7 Å². The number of rotatable bonds is 7. The highest BCUT2D eigenvalue weighted by Gasteiger charge is 2.07. The van der Waals surface area contributed by atoms with Crippen molar-refractivity contribution in [2.45, 2.75) is 36.3 Å². The first kappa shape index (κ1) is 16.4. The number of thioether (sulfide) groups is 1. The van der Waals surface area contributed by atoms with Crippen LogP contribution in [-0.4, -0.2) is 12.4 Å². The summed E-state index contributed by atoms with van der Waals surface area (Å²) in [6, 6.07) is 17.0. The Morgan fingerprint density at radius 3 is 2.57 bits per heavy atom. The van der Waals surface area contributed by atoms with Gasteiger partial charge in [-0.1, -0.05) is 37.3 Å². The van der Waals surface area contributed by atoms with Gasteiger partial charge < -0.3 is 4.74 Å². The molecule has 21 heavy (non-hydrogen) atoms. The standard InChI is InChI=1S/C18H21BrOS/c1-14(7-6-10-15-8-4-3-5-9-15)21-16-11-12-18(20-2)17(19)13-16/h3-5,8-9,11-14H,6-7,10H2,1-2H3. The Morgan fingerprint density at radius 2 is 1.90 bits per heavy atom. The second-order valence-electron chi connectivity index (χ2n) is 5.10. The average Bonchev–Trinajstić information content (AvgIpc) is 2.48. The van der Waals surface area contributed by atoms with Gasteiger partial charge in [0.25, 0.3) is 0 Å². The van der Waals surface area contributed by atoms with E-state index >= 15 is 0 Å². The molecular weight excluding hydrogens is 344 g/mol. The fraction of sp³-hybridized carbons (Fsp3) is 0.333. The normalized spacial score (nSPS) is 12.1. The molecule has 0 saturated heterocycles. The van der Waals surface area contributed by atoms with Gasteiger partial charge in [0.2, 0.25) is 0 Å². The van der Waals surface area contributed by atoms with Crippen molar-refractivity contribution < 1.29 is 4.74 Å². The fourth-order valence-electron chi connectivity index (χ4n) is 2.25. The largest absolute Gasteiger partial charge is 0.496 e. The molecule has 0 saturated carbocycles. The van der Waals surface area contributed by atoms with Crippen LogP contribution in [0.3, 0.4) is 0 Å². The molecule has 112 valence electrons. The summed E-state index contributed by atoms with van der Waals surface area (Å²) in [7, 11) is 1.69. The molecule has 0 radical (unpaired) electrons. The van der Waals surface area contributed by atoms with Crippen LogP contribution >= 0.6 is 27.7 Å². The molecule has 0 fully saturated rings. The SMILES string of the molecule is COc1ccc(SC(C)CCCc2ccccc2)cc1Br. The Bertz CT molecular complexity index is 556. The highest BCUT2D eigenvalue weighted by Crippen LogP contribution is 2.33. The second-order valence-corrected chi connectivity index (χ2v) is 7.47. The molecule has 0 aromatic heterocycles. The summed E-state index contributed by atoms with van der Waals surface area (Å²) in [5.74, 6) is 0.885. The van der Waals surface area contributed by atoms with Gasteiger partial charge in [-0.15, -0.1) is 11.8 Å². The van der Waals surface area contributed by atoms with Crippen LogP contribution in [0.5, 0.6) is 5.75 Å². The summed E-state index contributed by atoms with van der Waals surface area (Å²) in [6.45, 7) is 2.30. The number of halogens is 1. The zero-order valence-corrected chi connectivity index (χ0v) is 14.9. The molecule has 0 amide bonds. The van der Waals surface area contributed by atoms with Crippen LogP contribution in [0, 0.1) is 0 Å². The van der Waals surface area contributed by atoms with Gasteiger partial charge in [0.15, 0.2) is 0 Å². The number of hydrogen-bond acceptors (Lipinski definition) is 2. The summed E-state index contributed by atoms with van der Waals surface area (Å²) >= 11 is 5.47. The third-order valence-corrected chi connectivity index (χ3v) is 5.16. The van der Waals surface area contributed by atoms with Gasteiger partial charge in [0, 0.05) is 10.1 Å². The molecular formula is C18H21BrOS. The van der Waals surface area contributed by atoms with Gasteiger partial charge in [0.05, 0.1) is 11.6 Å². The Kier molecular flexibility index (Phi) is 6.65. The van der Waals surface area contributed by atoms with Crippen LogP contribution < -0.4 is 4.74 Å². The van der Waals surface area contributed by atoms with Gasteiger partial charge in [-0.3, -0.25) is 0 Å². The molecule has 1 atom stereocenters. The predicted octanol–water partition coefficient (Wildman–Crippen LogP) is 5.96. The first-order valence-electron chi connectivity index (χ1n) is 7.23. The van der Waals surface area contributed by atoms with E-state index in [-0.39, 0.29) is 0 Å². The van der Waals surface area contributed by atoms with Gasteiger partial charge in [-0.25, -0.2) is 0 Å². The van der Waals surface area contributed by atoms with Crippen molar-refractivity contribution in [1.82, 2.24) is 0 Å². The molecule has 0 aliphatic rings. The van der Waals surface area contributed by atoms with E-state index < -0.39 is 0 Å². The summed E-state index contributed by atoms with van der Waals surface area (Å²) in [6.07, 6.45) is 3.62. The van der Waals surface area contributed by atoms with Crippen LogP contribution in [0.25, 0.3) is 0 Å². The number of benzene rings is 2. The van der Waals surface area contributed by atoms with Crippen molar-refractivity contribution in [1.29, 1.82) is 0 Å².